The van der Waals surface area contributed by atoms with E-state index in [1.165, 1.54) is 16.8 Å². The van der Waals surface area contributed by atoms with Crippen molar-refractivity contribution in [2.45, 2.75) is 13.8 Å². The number of methoxy groups -OCH3 is 1. The molecule has 0 unspecified atom stereocenters. The second-order valence-electron chi connectivity index (χ2n) is 5.24. The summed E-state index contributed by atoms with van der Waals surface area (Å²) in [6.07, 6.45) is 0. The van der Waals surface area contributed by atoms with Gasteiger partial charge in [-0.05, 0) is 37.1 Å². The average molecular weight is 263 g/mol. The number of piperazine rings is 1. The van der Waals surface area contributed by atoms with E-state index in [1.807, 2.05) is 0 Å². The summed E-state index contributed by atoms with van der Waals surface area (Å²) in [6.45, 7) is 9.70. The third kappa shape index (κ3) is 3.19. The molecule has 19 heavy (non-hydrogen) atoms. The molecule has 0 bridgehead atoms. The molecule has 1 aromatic rings. The number of ether oxygens (including phenoxy) is 1. The van der Waals surface area contributed by atoms with Gasteiger partial charge in [0.2, 0.25) is 0 Å². The Hall–Kier alpha value is -1.26. The first-order valence-electron chi connectivity index (χ1n) is 6.92. The molecule has 1 aliphatic heterocycles. The Kier molecular flexibility index (Phi) is 4.66. The number of rotatable bonds is 4. The molecule has 0 radical (unpaired) electrons. The lowest BCUT2D eigenvalue weighted by molar-refractivity contribution is 0.243. The summed E-state index contributed by atoms with van der Waals surface area (Å²) >= 11 is 0. The highest BCUT2D eigenvalue weighted by atomic mass is 16.5. The fourth-order valence-electron chi connectivity index (χ4n) is 2.64. The predicted octanol–water partition coefficient (Wildman–Crippen LogP) is 1.61. The monoisotopic (exact) mass is 263 g/mol. The minimum Gasteiger partial charge on any atom is -0.496 e. The van der Waals surface area contributed by atoms with Gasteiger partial charge in [0.25, 0.3) is 0 Å². The van der Waals surface area contributed by atoms with Gasteiger partial charge in [0, 0.05) is 38.9 Å². The van der Waals surface area contributed by atoms with Gasteiger partial charge in [0.05, 0.1) is 13.8 Å². The first-order chi connectivity index (χ1) is 9.13. The molecule has 0 saturated carbocycles. The first-order valence-corrected chi connectivity index (χ1v) is 6.92. The maximum atomic E-state index is 5.37. The van der Waals surface area contributed by atoms with E-state index in [2.05, 4.69) is 48.1 Å². The van der Waals surface area contributed by atoms with Gasteiger partial charge in [-0.3, -0.25) is 4.90 Å². The van der Waals surface area contributed by atoms with Crippen molar-refractivity contribution < 1.29 is 4.74 Å². The van der Waals surface area contributed by atoms with Crippen molar-refractivity contribution >= 4 is 5.69 Å². The molecule has 0 atom stereocenters. The summed E-state index contributed by atoms with van der Waals surface area (Å²) in [6, 6.07) is 4.22. The van der Waals surface area contributed by atoms with E-state index in [-0.39, 0.29) is 0 Å². The molecule has 1 heterocycles. The molecule has 106 valence electrons. The summed E-state index contributed by atoms with van der Waals surface area (Å²) in [5, 5.41) is 3.39. The number of nitrogens with zero attached hydrogens (tertiary/aromatic N) is 2. The molecule has 0 aromatic heterocycles. The van der Waals surface area contributed by atoms with Gasteiger partial charge in [-0.25, -0.2) is 0 Å². The summed E-state index contributed by atoms with van der Waals surface area (Å²) in [5.74, 6) is 0.969. The highest BCUT2D eigenvalue weighted by molar-refractivity contribution is 5.59. The van der Waals surface area contributed by atoms with Crippen LogP contribution in [-0.2, 0) is 0 Å². The molecular formula is C15H25N3O. The van der Waals surface area contributed by atoms with E-state index in [0.29, 0.717) is 0 Å². The Morgan fingerprint density at radius 2 is 1.89 bits per heavy atom. The molecule has 1 aromatic carbocycles. The number of hydrogen-bond donors (Lipinski definition) is 1. The fraction of sp³-hybridized carbons (Fsp3) is 0.600. The Bertz CT molecular complexity index is 428. The maximum absolute atomic E-state index is 5.37. The van der Waals surface area contributed by atoms with Crippen molar-refractivity contribution in [3.63, 3.8) is 0 Å². The van der Waals surface area contributed by atoms with Gasteiger partial charge in [0.1, 0.15) is 5.75 Å². The van der Waals surface area contributed by atoms with Crippen LogP contribution >= 0.6 is 0 Å². The zero-order valence-electron chi connectivity index (χ0n) is 12.5. The van der Waals surface area contributed by atoms with Gasteiger partial charge in [-0.1, -0.05) is 0 Å². The molecule has 1 N–H and O–H groups in total. The lowest BCUT2D eigenvalue weighted by Crippen LogP contribution is -2.47. The second kappa shape index (κ2) is 6.26. The van der Waals surface area contributed by atoms with Crippen molar-refractivity contribution in [3.05, 3.63) is 23.3 Å². The third-order valence-corrected chi connectivity index (χ3v) is 3.96. The van der Waals surface area contributed by atoms with Crippen molar-refractivity contribution in [1.29, 1.82) is 0 Å². The second-order valence-corrected chi connectivity index (χ2v) is 5.24. The molecule has 1 saturated heterocycles. The highest BCUT2D eigenvalue weighted by Gasteiger charge is 2.14. The van der Waals surface area contributed by atoms with E-state index < -0.39 is 0 Å². The van der Waals surface area contributed by atoms with Crippen LogP contribution in [0.15, 0.2) is 12.1 Å². The topological polar surface area (TPSA) is 27.7 Å². The van der Waals surface area contributed by atoms with Crippen LogP contribution in [0.4, 0.5) is 5.69 Å². The van der Waals surface area contributed by atoms with Gasteiger partial charge in [0.15, 0.2) is 0 Å². The summed E-state index contributed by atoms with van der Waals surface area (Å²) in [4.78, 5) is 4.81. The Morgan fingerprint density at radius 3 is 2.53 bits per heavy atom. The first kappa shape index (κ1) is 14.2. The van der Waals surface area contributed by atoms with Crippen molar-refractivity contribution in [3.8, 4) is 5.75 Å². The molecule has 0 aliphatic carbocycles. The molecule has 4 heteroatoms. The van der Waals surface area contributed by atoms with E-state index in [0.717, 1.165) is 38.6 Å². The van der Waals surface area contributed by atoms with E-state index in [9.17, 15) is 0 Å². The van der Waals surface area contributed by atoms with Gasteiger partial charge >= 0.3 is 0 Å². The van der Waals surface area contributed by atoms with Crippen LogP contribution < -0.4 is 15.0 Å². The maximum Gasteiger partial charge on any atom is 0.122 e. The van der Waals surface area contributed by atoms with Crippen LogP contribution in [0.2, 0.25) is 0 Å². The standard InChI is InChI=1S/C15H25N3O/c1-12-13(2)15(19-4)6-5-14(12)17(3)11-18-9-7-16-8-10-18/h5-6,16H,7-11H2,1-4H3. The number of hydrogen-bond acceptors (Lipinski definition) is 4. The van der Waals surface area contributed by atoms with E-state index in [4.69, 9.17) is 4.74 Å². The fourth-order valence-corrected chi connectivity index (χ4v) is 2.64. The lowest BCUT2D eigenvalue weighted by Gasteiger charge is -2.33. The van der Waals surface area contributed by atoms with Crippen LogP contribution in [0.3, 0.4) is 0 Å². The Balaban J connectivity index is 2.10. The highest BCUT2D eigenvalue weighted by Crippen LogP contribution is 2.29. The van der Waals surface area contributed by atoms with Crippen LogP contribution in [0.25, 0.3) is 0 Å². The minimum atomic E-state index is 0.969. The van der Waals surface area contributed by atoms with Crippen molar-refractivity contribution in [2.24, 2.45) is 0 Å². The third-order valence-electron chi connectivity index (χ3n) is 3.96. The van der Waals surface area contributed by atoms with Crippen LogP contribution in [0, 0.1) is 13.8 Å². The molecule has 0 spiro atoms. The summed E-state index contributed by atoms with van der Waals surface area (Å²) in [7, 11) is 3.89. The van der Waals surface area contributed by atoms with E-state index >= 15 is 0 Å². The van der Waals surface area contributed by atoms with Crippen LogP contribution in [-0.4, -0.2) is 51.9 Å². The SMILES string of the molecule is COc1ccc(N(C)CN2CCNCC2)c(C)c1C. The number of benzene rings is 1. The van der Waals surface area contributed by atoms with Crippen molar-refractivity contribution in [1.82, 2.24) is 10.2 Å². The molecule has 1 fully saturated rings. The molecule has 1 aliphatic rings. The van der Waals surface area contributed by atoms with E-state index in [1.54, 1.807) is 7.11 Å². The summed E-state index contributed by atoms with van der Waals surface area (Å²) in [5.41, 5.74) is 3.82. The summed E-state index contributed by atoms with van der Waals surface area (Å²) < 4.78 is 5.37. The molecular weight excluding hydrogens is 238 g/mol. The largest absolute Gasteiger partial charge is 0.496 e. The number of nitrogens with one attached hydrogen (secondary N) is 1. The van der Waals surface area contributed by atoms with Crippen LogP contribution in [0.5, 0.6) is 5.75 Å². The van der Waals surface area contributed by atoms with Crippen molar-refractivity contribution in [2.75, 3.05) is 51.9 Å². The van der Waals surface area contributed by atoms with Crippen LogP contribution in [0.1, 0.15) is 11.1 Å². The molecule has 4 nitrogen and oxygen atoms in total. The predicted molar refractivity (Wildman–Crippen MR) is 80.2 cm³/mol. The van der Waals surface area contributed by atoms with Gasteiger partial charge < -0.3 is 15.0 Å². The zero-order chi connectivity index (χ0) is 13.8. The van der Waals surface area contributed by atoms with Gasteiger partial charge in [-0.2, -0.15) is 0 Å². The van der Waals surface area contributed by atoms with Gasteiger partial charge in [-0.15, -0.1) is 0 Å². The smallest absolute Gasteiger partial charge is 0.122 e. The Labute approximate surface area is 116 Å². The normalized spacial score (nSPS) is 16.4. The molecule has 0 amide bonds. The minimum absolute atomic E-state index is 0.969. The number of anilines is 1. The zero-order valence-corrected chi connectivity index (χ0v) is 12.5. The average Bonchev–Trinajstić information content (AvgIpc) is 2.42. The Morgan fingerprint density at radius 1 is 1.21 bits per heavy atom. The quantitative estimate of drug-likeness (QED) is 0.893. The molecule has 2 rings (SSSR count). The lowest BCUT2D eigenvalue weighted by atomic mass is 10.1.